The Hall–Kier alpha value is -0.120. The van der Waals surface area contributed by atoms with Gasteiger partial charge in [-0.1, -0.05) is 6.92 Å². The van der Waals surface area contributed by atoms with Gasteiger partial charge in [0.2, 0.25) is 0 Å². The lowest BCUT2D eigenvalue weighted by molar-refractivity contribution is 0.149. The first kappa shape index (κ1) is 11.9. The van der Waals surface area contributed by atoms with Crippen LogP contribution in [0.4, 0.5) is 0 Å². The lowest BCUT2D eigenvalue weighted by Gasteiger charge is -2.20. The minimum absolute atomic E-state index is 0.307. The van der Waals surface area contributed by atoms with Gasteiger partial charge >= 0.3 is 0 Å². The molecule has 74 valence electrons. The molecule has 1 atom stereocenters. The molecule has 0 spiro atoms. The standard InChI is InChI=1S/C9H22N2O/c1-4-11(7-8-12-3)6-5-9(2)10/h9H,4-8,10H2,1-3H3. The van der Waals surface area contributed by atoms with E-state index >= 15 is 0 Å². The zero-order chi connectivity index (χ0) is 9.40. The molecule has 0 aromatic heterocycles. The van der Waals surface area contributed by atoms with Gasteiger partial charge in [-0.05, 0) is 26.4 Å². The van der Waals surface area contributed by atoms with E-state index in [4.69, 9.17) is 10.5 Å². The van der Waals surface area contributed by atoms with Crippen LogP contribution in [-0.2, 0) is 4.74 Å². The van der Waals surface area contributed by atoms with Gasteiger partial charge in [-0.2, -0.15) is 0 Å². The fraction of sp³-hybridized carbons (Fsp3) is 1.00. The summed E-state index contributed by atoms with van der Waals surface area (Å²) in [5.74, 6) is 0. The maximum absolute atomic E-state index is 5.67. The molecule has 3 heteroatoms. The first-order chi connectivity index (χ1) is 5.70. The zero-order valence-electron chi connectivity index (χ0n) is 8.55. The summed E-state index contributed by atoms with van der Waals surface area (Å²) in [6.07, 6.45) is 1.07. The van der Waals surface area contributed by atoms with E-state index in [1.165, 1.54) is 0 Å². The van der Waals surface area contributed by atoms with Gasteiger partial charge in [-0.15, -0.1) is 0 Å². The Kier molecular flexibility index (Phi) is 7.45. The van der Waals surface area contributed by atoms with Crippen molar-refractivity contribution in [3.63, 3.8) is 0 Å². The summed E-state index contributed by atoms with van der Waals surface area (Å²) < 4.78 is 5.01. The van der Waals surface area contributed by atoms with E-state index in [1.807, 2.05) is 6.92 Å². The fourth-order valence-electron chi connectivity index (χ4n) is 1.03. The third-order valence-electron chi connectivity index (χ3n) is 1.96. The van der Waals surface area contributed by atoms with Crippen molar-refractivity contribution < 1.29 is 4.74 Å². The van der Waals surface area contributed by atoms with Crippen molar-refractivity contribution in [2.24, 2.45) is 5.73 Å². The molecule has 0 fully saturated rings. The predicted octanol–water partition coefficient (Wildman–Crippen LogP) is 0.692. The molecule has 1 unspecified atom stereocenters. The summed E-state index contributed by atoms with van der Waals surface area (Å²) in [5, 5.41) is 0. The van der Waals surface area contributed by atoms with Gasteiger partial charge in [-0.3, -0.25) is 0 Å². The third-order valence-corrected chi connectivity index (χ3v) is 1.96. The van der Waals surface area contributed by atoms with Crippen LogP contribution in [0.15, 0.2) is 0 Å². The number of hydrogen-bond acceptors (Lipinski definition) is 3. The molecule has 0 aliphatic rings. The summed E-state index contributed by atoms with van der Waals surface area (Å²) >= 11 is 0. The van der Waals surface area contributed by atoms with Crippen molar-refractivity contribution in [3.05, 3.63) is 0 Å². The number of nitrogens with zero attached hydrogens (tertiary/aromatic N) is 1. The molecule has 2 N–H and O–H groups in total. The van der Waals surface area contributed by atoms with Crippen LogP contribution in [0.5, 0.6) is 0 Å². The molecule has 0 amide bonds. The third kappa shape index (κ3) is 6.58. The van der Waals surface area contributed by atoms with E-state index in [0.717, 1.165) is 32.7 Å². The zero-order valence-corrected chi connectivity index (χ0v) is 8.55. The molecule has 0 bridgehead atoms. The van der Waals surface area contributed by atoms with Crippen molar-refractivity contribution in [2.45, 2.75) is 26.3 Å². The topological polar surface area (TPSA) is 38.5 Å². The van der Waals surface area contributed by atoms with Gasteiger partial charge in [0, 0.05) is 19.7 Å². The molecule has 0 aromatic rings. The largest absolute Gasteiger partial charge is 0.383 e. The Morgan fingerprint density at radius 2 is 2.08 bits per heavy atom. The highest BCUT2D eigenvalue weighted by Gasteiger charge is 2.02. The van der Waals surface area contributed by atoms with Crippen LogP contribution < -0.4 is 5.73 Å². The molecular weight excluding hydrogens is 152 g/mol. The maximum atomic E-state index is 5.67. The van der Waals surface area contributed by atoms with E-state index in [-0.39, 0.29) is 0 Å². The molecule has 0 saturated heterocycles. The summed E-state index contributed by atoms with van der Waals surface area (Å²) in [6.45, 7) is 8.20. The predicted molar refractivity (Wildman–Crippen MR) is 52.3 cm³/mol. The van der Waals surface area contributed by atoms with Crippen molar-refractivity contribution in [2.75, 3.05) is 33.4 Å². The number of likely N-dealkylation sites (N-methyl/N-ethyl adjacent to an activating group) is 1. The lowest BCUT2D eigenvalue weighted by atomic mass is 10.2. The van der Waals surface area contributed by atoms with Gasteiger partial charge in [0.25, 0.3) is 0 Å². The molecule has 0 saturated carbocycles. The van der Waals surface area contributed by atoms with Gasteiger partial charge in [0.1, 0.15) is 0 Å². The quantitative estimate of drug-likeness (QED) is 0.617. The molecule has 0 rings (SSSR count). The van der Waals surface area contributed by atoms with Gasteiger partial charge in [-0.25, -0.2) is 0 Å². The highest BCUT2D eigenvalue weighted by Crippen LogP contribution is 1.93. The van der Waals surface area contributed by atoms with Crippen LogP contribution >= 0.6 is 0 Å². The van der Waals surface area contributed by atoms with Crippen molar-refractivity contribution in [3.8, 4) is 0 Å². The van der Waals surface area contributed by atoms with Crippen LogP contribution in [0.25, 0.3) is 0 Å². The van der Waals surface area contributed by atoms with Crippen LogP contribution in [0.3, 0.4) is 0 Å². The van der Waals surface area contributed by atoms with Crippen molar-refractivity contribution >= 4 is 0 Å². The van der Waals surface area contributed by atoms with Crippen LogP contribution in [-0.4, -0.2) is 44.3 Å². The lowest BCUT2D eigenvalue weighted by Crippen LogP contribution is -2.31. The first-order valence-corrected chi connectivity index (χ1v) is 4.67. The molecule has 0 aliphatic carbocycles. The average Bonchev–Trinajstić information content (AvgIpc) is 2.05. The number of ether oxygens (including phenoxy) is 1. The Morgan fingerprint density at radius 3 is 2.50 bits per heavy atom. The second-order valence-corrected chi connectivity index (χ2v) is 3.19. The Balaban J connectivity index is 3.39. The number of nitrogens with two attached hydrogens (primary N) is 1. The summed E-state index contributed by atoms with van der Waals surface area (Å²) in [5.41, 5.74) is 5.67. The van der Waals surface area contributed by atoms with Crippen molar-refractivity contribution in [1.82, 2.24) is 4.90 Å². The highest BCUT2D eigenvalue weighted by atomic mass is 16.5. The summed E-state index contributed by atoms with van der Waals surface area (Å²) in [6, 6.07) is 0.307. The molecule has 12 heavy (non-hydrogen) atoms. The van der Waals surface area contributed by atoms with Crippen molar-refractivity contribution in [1.29, 1.82) is 0 Å². The summed E-state index contributed by atoms with van der Waals surface area (Å²) in [7, 11) is 1.74. The van der Waals surface area contributed by atoms with E-state index in [0.29, 0.717) is 6.04 Å². The number of methoxy groups -OCH3 is 1. The second-order valence-electron chi connectivity index (χ2n) is 3.19. The van der Waals surface area contributed by atoms with Crippen LogP contribution in [0.1, 0.15) is 20.3 Å². The first-order valence-electron chi connectivity index (χ1n) is 4.67. The molecule has 3 nitrogen and oxygen atoms in total. The highest BCUT2D eigenvalue weighted by molar-refractivity contribution is 4.59. The van der Waals surface area contributed by atoms with E-state index in [9.17, 15) is 0 Å². The molecule has 0 heterocycles. The molecular formula is C9H22N2O. The molecule has 0 aliphatic heterocycles. The number of rotatable bonds is 7. The van der Waals surface area contributed by atoms with Gasteiger partial charge < -0.3 is 15.4 Å². The van der Waals surface area contributed by atoms with Crippen LogP contribution in [0.2, 0.25) is 0 Å². The van der Waals surface area contributed by atoms with Crippen LogP contribution in [0, 0.1) is 0 Å². The summed E-state index contributed by atoms with van der Waals surface area (Å²) in [4.78, 5) is 2.35. The Bertz CT molecular complexity index is 96.5. The maximum Gasteiger partial charge on any atom is 0.0589 e. The van der Waals surface area contributed by atoms with E-state index in [1.54, 1.807) is 7.11 Å². The fourth-order valence-corrected chi connectivity index (χ4v) is 1.03. The Morgan fingerprint density at radius 1 is 1.42 bits per heavy atom. The minimum Gasteiger partial charge on any atom is -0.383 e. The Labute approximate surface area is 75.9 Å². The van der Waals surface area contributed by atoms with E-state index in [2.05, 4.69) is 11.8 Å². The second kappa shape index (κ2) is 7.53. The van der Waals surface area contributed by atoms with Gasteiger partial charge in [0.05, 0.1) is 6.61 Å². The molecule has 0 radical (unpaired) electrons. The SMILES string of the molecule is CCN(CCOC)CCC(C)N. The average molecular weight is 174 g/mol. The monoisotopic (exact) mass is 174 g/mol. The smallest absolute Gasteiger partial charge is 0.0589 e. The normalized spacial score (nSPS) is 13.8. The number of hydrogen-bond donors (Lipinski definition) is 1. The van der Waals surface area contributed by atoms with Gasteiger partial charge in [0.15, 0.2) is 0 Å². The molecule has 0 aromatic carbocycles. The minimum atomic E-state index is 0.307. The van der Waals surface area contributed by atoms with E-state index < -0.39 is 0 Å².